The molecule has 4 nitrogen and oxygen atoms in total. The summed E-state index contributed by atoms with van der Waals surface area (Å²) >= 11 is 1.50. The van der Waals surface area contributed by atoms with Crippen LogP contribution in [0.1, 0.15) is 22.3 Å². The van der Waals surface area contributed by atoms with Crippen molar-refractivity contribution >= 4 is 22.8 Å². The van der Waals surface area contributed by atoms with Crippen molar-refractivity contribution in [1.29, 1.82) is 0 Å². The average Bonchev–Trinajstić information content (AvgIpc) is 2.81. The summed E-state index contributed by atoms with van der Waals surface area (Å²) in [6.45, 7) is 6.19. The number of carbonyl (C=O) groups is 1. The van der Waals surface area contributed by atoms with Crippen LogP contribution in [0.15, 0.2) is 0 Å². The zero-order chi connectivity index (χ0) is 12.6. The van der Waals surface area contributed by atoms with Gasteiger partial charge in [0, 0.05) is 19.1 Å². The van der Waals surface area contributed by atoms with Gasteiger partial charge in [0.1, 0.15) is 0 Å². The van der Waals surface area contributed by atoms with Crippen molar-refractivity contribution in [2.24, 2.45) is 5.92 Å². The molecule has 0 spiro atoms. The molecule has 2 rings (SSSR count). The predicted octanol–water partition coefficient (Wildman–Crippen LogP) is 1.65. The highest BCUT2D eigenvalue weighted by Crippen LogP contribution is 2.30. The Labute approximate surface area is 106 Å². The van der Waals surface area contributed by atoms with E-state index in [1.54, 1.807) is 0 Å². The second-order valence-electron chi connectivity index (χ2n) is 4.98. The number of hydrogen-bond acceptors (Lipinski definition) is 5. The topological polar surface area (TPSA) is 36.4 Å². The summed E-state index contributed by atoms with van der Waals surface area (Å²) in [5.74, 6) is 0.633. The first-order chi connectivity index (χ1) is 8.02. The molecule has 1 aromatic rings. The molecule has 1 saturated heterocycles. The maximum atomic E-state index is 10.8. The lowest BCUT2D eigenvalue weighted by molar-refractivity contribution is 0.112. The van der Waals surface area contributed by atoms with Crippen LogP contribution >= 0.6 is 11.3 Å². The third kappa shape index (κ3) is 2.35. The van der Waals surface area contributed by atoms with Crippen molar-refractivity contribution in [2.75, 3.05) is 32.1 Å². The highest BCUT2D eigenvalue weighted by Gasteiger charge is 2.32. The molecule has 1 aliphatic heterocycles. The van der Waals surface area contributed by atoms with Crippen LogP contribution in [-0.2, 0) is 0 Å². The van der Waals surface area contributed by atoms with E-state index < -0.39 is 0 Å². The zero-order valence-electron chi connectivity index (χ0n) is 10.8. The van der Waals surface area contributed by atoms with Gasteiger partial charge in [-0.1, -0.05) is 18.3 Å². The van der Waals surface area contributed by atoms with E-state index >= 15 is 0 Å². The van der Waals surface area contributed by atoms with Crippen molar-refractivity contribution < 1.29 is 4.79 Å². The molecule has 0 aromatic carbocycles. The van der Waals surface area contributed by atoms with Gasteiger partial charge in [-0.05, 0) is 26.9 Å². The van der Waals surface area contributed by atoms with Gasteiger partial charge >= 0.3 is 0 Å². The lowest BCUT2D eigenvalue weighted by Gasteiger charge is -2.22. The first kappa shape index (κ1) is 12.5. The third-order valence-electron chi connectivity index (χ3n) is 3.43. The van der Waals surface area contributed by atoms with Gasteiger partial charge in [-0.25, -0.2) is 4.98 Å². The SMILES string of the molecule is Cc1nc(N2CC(C)C(N(C)C)C2)sc1C=O. The van der Waals surface area contributed by atoms with Crippen LogP contribution in [0, 0.1) is 12.8 Å². The van der Waals surface area contributed by atoms with E-state index in [1.165, 1.54) is 11.3 Å². The van der Waals surface area contributed by atoms with Crippen LogP contribution in [0.25, 0.3) is 0 Å². The molecular formula is C12H19N3OS. The number of carbonyl (C=O) groups excluding carboxylic acids is 1. The first-order valence-electron chi connectivity index (χ1n) is 5.87. The van der Waals surface area contributed by atoms with Gasteiger partial charge in [0.25, 0.3) is 0 Å². The van der Waals surface area contributed by atoms with Crippen molar-refractivity contribution in [2.45, 2.75) is 19.9 Å². The summed E-state index contributed by atoms with van der Waals surface area (Å²) in [5.41, 5.74) is 0.848. The Kier molecular flexibility index (Phi) is 3.49. The quantitative estimate of drug-likeness (QED) is 0.768. The van der Waals surface area contributed by atoms with Crippen LogP contribution in [-0.4, -0.2) is 49.4 Å². The number of hydrogen-bond donors (Lipinski definition) is 0. The maximum absolute atomic E-state index is 10.8. The summed E-state index contributed by atoms with van der Waals surface area (Å²) in [6, 6.07) is 0.568. The molecule has 1 fully saturated rings. The van der Waals surface area contributed by atoms with E-state index in [2.05, 4.69) is 35.8 Å². The monoisotopic (exact) mass is 253 g/mol. The van der Waals surface area contributed by atoms with Crippen LogP contribution in [0.3, 0.4) is 0 Å². The Morgan fingerprint density at radius 2 is 2.18 bits per heavy atom. The molecule has 0 saturated carbocycles. The molecule has 0 radical (unpaired) electrons. The van der Waals surface area contributed by atoms with E-state index in [0.717, 1.165) is 35.1 Å². The maximum Gasteiger partial charge on any atom is 0.186 e. The molecule has 1 aliphatic rings. The fourth-order valence-corrected chi connectivity index (χ4v) is 3.32. The predicted molar refractivity (Wildman–Crippen MR) is 71.1 cm³/mol. The van der Waals surface area contributed by atoms with Crippen LogP contribution in [0.2, 0.25) is 0 Å². The van der Waals surface area contributed by atoms with Gasteiger partial charge in [0.2, 0.25) is 0 Å². The van der Waals surface area contributed by atoms with Gasteiger partial charge < -0.3 is 9.80 Å². The van der Waals surface area contributed by atoms with Gasteiger partial charge in [0.15, 0.2) is 11.4 Å². The number of likely N-dealkylation sites (N-methyl/N-ethyl adjacent to an activating group) is 1. The summed E-state index contributed by atoms with van der Waals surface area (Å²) in [7, 11) is 4.24. The van der Waals surface area contributed by atoms with Gasteiger partial charge in [-0.2, -0.15) is 0 Å². The van der Waals surface area contributed by atoms with E-state index in [4.69, 9.17) is 0 Å². The van der Waals surface area contributed by atoms with Crippen molar-refractivity contribution in [3.05, 3.63) is 10.6 Å². The lowest BCUT2D eigenvalue weighted by Crippen LogP contribution is -2.34. The molecule has 94 valence electrons. The molecule has 2 heterocycles. The second kappa shape index (κ2) is 4.74. The number of aldehydes is 1. The largest absolute Gasteiger partial charge is 0.346 e. The number of rotatable bonds is 3. The number of aryl methyl sites for hydroxylation is 1. The molecule has 2 unspecified atom stereocenters. The molecule has 2 atom stereocenters. The van der Waals surface area contributed by atoms with Crippen LogP contribution in [0.4, 0.5) is 5.13 Å². The minimum atomic E-state index is 0.568. The summed E-state index contributed by atoms with van der Waals surface area (Å²) in [5, 5.41) is 0.987. The lowest BCUT2D eigenvalue weighted by atomic mass is 10.1. The van der Waals surface area contributed by atoms with Crippen molar-refractivity contribution in [1.82, 2.24) is 9.88 Å². The average molecular weight is 253 g/mol. The first-order valence-corrected chi connectivity index (χ1v) is 6.68. The van der Waals surface area contributed by atoms with Crippen molar-refractivity contribution in [3.8, 4) is 0 Å². The Morgan fingerprint density at radius 3 is 2.65 bits per heavy atom. The number of thiazole rings is 1. The summed E-state index contributed by atoms with van der Waals surface area (Å²) in [4.78, 5) is 20.6. The summed E-state index contributed by atoms with van der Waals surface area (Å²) in [6.07, 6.45) is 0.902. The molecule has 0 amide bonds. The zero-order valence-corrected chi connectivity index (χ0v) is 11.6. The van der Waals surface area contributed by atoms with Gasteiger partial charge in [0.05, 0.1) is 10.6 Å². The Hall–Kier alpha value is -0.940. The molecule has 0 N–H and O–H groups in total. The fourth-order valence-electron chi connectivity index (χ4n) is 2.42. The highest BCUT2D eigenvalue weighted by atomic mass is 32.1. The third-order valence-corrected chi connectivity index (χ3v) is 4.58. The molecule has 1 aromatic heterocycles. The molecule has 0 aliphatic carbocycles. The molecule has 0 bridgehead atoms. The molecule has 5 heteroatoms. The molecule has 17 heavy (non-hydrogen) atoms. The van der Waals surface area contributed by atoms with E-state index in [1.807, 2.05) is 6.92 Å². The number of anilines is 1. The van der Waals surface area contributed by atoms with Crippen molar-refractivity contribution in [3.63, 3.8) is 0 Å². The molecular weight excluding hydrogens is 234 g/mol. The van der Waals surface area contributed by atoms with Gasteiger partial charge in [-0.15, -0.1) is 0 Å². The minimum absolute atomic E-state index is 0.568. The normalized spacial score (nSPS) is 24.6. The van der Waals surface area contributed by atoms with E-state index in [9.17, 15) is 4.79 Å². The Bertz CT molecular complexity index is 416. The number of nitrogens with zero attached hydrogens (tertiary/aromatic N) is 3. The second-order valence-corrected chi connectivity index (χ2v) is 5.99. The Morgan fingerprint density at radius 1 is 1.47 bits per heavy atom. The smallest absolute Gasteiger partial charge is 0.186 e. The van der Waals surface area contributed by atoms with Gasteiger partial charge in [-0.3, -0.25) is 4.79 Å². The van der Waals surface area contributed by atoms with Crippen LogP contribution in [0.5, 0.6) is 0 Å². The fraction of sp³-hybridized carbons (Fsp3) is 0.667. The van der Waals surface area contributed by atoms with Crippen LogP contribution < -0.4 is 4.90 Å². The Balaban J connectivity index is 2.16. The van der Waals surface area contributed by atoms with E-state index in [-0.39, 0.29) is 0 Å². The summed E-state index contributed by atoms with van der Waals surface area (Å²) < 4.78 is 0. The standard InChI is InChI=1S/C12H19N3OS/c1-8-5-15(6-10(8)14(3)4)12-13-9(2)11(7-16)17-12/h7-8,10H,5-6H2,1-4H3. The number of aromatic nitrogens is 1. The van der Waals surface area contributed by atoms with E-state index in [0.29, 0.717) is 12.0 Å². The highest BCUT2D eigenvalue weighted by molar-refractivity contribution is 7.17. The minimum Gasteiger partial charge on any atom is -0.346 e.